The minimum atomic E-state index is -0.703. The van der Waals surface area contributed by atoms with Gasteiger partial charge in [-0.1, -0.05) is 23.4 Å². The lowest BCUT2D eigenvalue weighted by Crippen LogP contribution is -2.27. The second kappa shape index (κ2) is 9.90. The average Bonchev–Trinajstić information content (AvgIpc) is 3.27. The smallest absolute Gasteiger partial charge is 0.412 e. The number of allylic oxidation sites excluding steroid dienone is 1. The van der Waals surface area contributed by atoms with Crippen LogP contribution >= 0.6 is 0 Å². The first-order valence-electron chi connectivity index (χ1n) is 9.93. The number of nitrogens with zero attached hydrogens (tertiary/aromatic N) is 3. The molecule has 5 N–H and O–H groups in total. The predicted octanol–water partition coefficient (Wildman–Crippen LogP) is 3.73. The molecule has 33 heavy (non-hydrogen) atoms. The number of aromatic nitrogens is 3. The summed E-state index contributed by atoms with van der Waals surface area (Å²) in [7, 11) is 0. The summed E-state index contributed by atoms with van der Waals surface area (Å²) in [5.74, 6) is -0.383. The van der Waals surface area contributed by atoms with Crippen molar-refractivity contribution in [1.29, 1.82) is 5.41 Å². The molecule has 0 spiro atoms. The maximum atomic E-state index is 14.0. The van der Waals surface area contributed by atoms with Crippen molar-refractivity contribution in [3.8, 4) is 0 Å². The first kappa shape index (κ1) is 23.4. The molecule has 0 fully saturated rings. The number of amides is 1. The molecule has 2 aromatic heterocycles. The van der Waals surface area contributed by atoms with Crippen LogP contribution in [0.1, 0.15) is 37.9 Å². The third-order valence-corrected chi connectivity index (χ3v) is 4.12. The van der Waals surface area contributed by atoms with Crippen molar-refractivity contribution in [2.24, 2.45) is 0 Å². The Bertz CT molecular complexity index is 1170. The van der Waals surface area contributed by atoms with E-state index in [0.29, 0.717) is 17.0 Å². The fourth-order valence-electron chi connectivity index (χ4n) is 2.64. The first-order chi connectivity index (χ1) is 15.6. The van der Waals surface area contributed by atoms with E-state index in [1.165, 1.54) is 24.6 Å². The molecule has 172 valence electrons. The molecule has 0 saturated carbocycles. The number of hydrogen-bond donors (Lipinski definition) is 4. The molecule has 0 atom stereocenters. The van der Waals surface area contributed by atoms with Gasteiger partial charge in [-0.3, -0.25) is 10.7 Å². The van der Waals surface area contributed by atoms with E-state index in [2.05, 4.69) is 25.8 Å². The normalized spacial score (nSPS) is 11.7. The number of nitrogen functional groups attached to an aromatic ring is 1. The Hall–Kier alpha value is -4.28. The van der Waals surface area contributed by atoms with E-state index in [-0.39, 0.29) is 35.4 Å². The van der Waals surface area contributed by atoms with Crippen molar-refractivity contribution in [2.45, 2.75) is 32.9 Å². The number of benzene rings is 1. The largest absolute Gasteiger partial charge is 0.444 e. The zero-order valence-corrected chi connectivity index (χ0v) is 18.3. The predicted molar refractivity (Wildman–Crippen MR) is 121 cm³/mol. The number of rotatable bonds is 7. The van der Waals surface area contributed by atoms with Gasteiger partial charge in [-0.2, -0.15) is 0 Å². The van der Waals surface area contributed by atoms with Crippen LogP contribution in [0.4, 0.5) is 20.7 Å². The topological polar surface area (TPSA) is 152 Å². The number of anilines is 2. The van der Waals surface area contributed by atoms with Crippen LogP contribution in [0.15, 0.2) is 53.4 Å². The van der Waals surface area contributed by atoms with Crippen LogP contribution in [0.5, 0.6) is 0 Å². The van der Waals surface area contributed by atoms with Gasteiger partial charge < -0.3 is 20.3 Å². The molecule has 0 bridgehead atoms. The Balaban J connectivity index is 1.78. The van der Waals surface area contributed by atoms with Crippen molar-refractivity contribution in [2.75, 3.05) is 11.1 Å². The Kier molecular flexibility index (Phi) is 7.01. The SMILES string of the molecule is CC(C)(C)OC(=O)Nc1cnc(C(=N)/C=C(\NCc2ccccc2F)c2ccon2)nc1N. The zero-order chi connectivity index (χ0) is 24.0. The minimum absolute atomic E-state index is 0.0101. The Morgan fingerprint density at radius 3 is 2.70 bits per heavy atom. The Labute approximate surface area is 189 Å². The van der Waals surface area contributed by atoms with Crippen LogP contribution in [0, 0.1) is 11.2 Å². The van der Waals surface area contributed by atoms with Gasteiger partial charge in [0.1, 0.15) is 34.8 Å². The monoisotopic (exact) mass is 453 g/mol. The fraction of sp³-hybridized carbons (Fsp3) is 0.227. The zero-order valence-electron chi connectivity index (χ0n) is 18.3. The molecule has 1 amide bonds. The van der Waals surface area contributed by atoms with Crippen LogP contribution in [0.2, 0.25) is 0 Å². The molecule has 0 saturated heterocycles. The third kappa shape index (κ3) is 6.60. The molecule has 0 radical (unpaired) electrons. The summed E-state index contributed by atoms with van der Waals surface area (Å²) < 4.78 is 24.0. The number of hydrogen-bond acceptors (Lipinski definition) is 9. The van der Waals surface area contributed by atoms with Gasteiger partial charge in [-0.25, -0.2) is 19.2 Å². The first-order valence-corrected chi connectivity index (χ1v) is 9.93. The molecular weight excluding hydrogens is 429 g/mol. The highest BCUT2D eigenvalue weighted by Gasteiger charge is 2.18. The van der Waals surface area contributed by atoms with Crippen molar-refractivity contribution >= 4 is 29.0 Å². The maximum Gasteiger partial charge on any atom is 0.412 e. The Morgan fingerprint density at radius 1 is 1.30 bits per heavy atom. The van der Waals surface area contributed by atoms with Crippen molar-refractivity contribution in [3.63, 3.8) is 0 Å². The molecule has 3 rings (SSSR count). The molecule has 2 heterocycles. The molecule has 0 aliphatic carbocycles. The van der Waals surface area contributed by atoms with E-state index >= 15 is 0 Å². The van der Waals surface area contributed by atoms with Crippen LogP contribution in [0.25, 0.3) is 5.70 Å². The lowest BCUT2D eigenvalue weighted by molar-refractivity contribution is 0.0636. The molecule has 0 aliphatic rings. The second-order valence-electron chi connectivity index (χ2n) is 7.92. The van der Waals surface area contributed by atoms with E-state index in [4.69, 9.17) is 20.4 Å². The number of nitrogens with two attached hydrogens (primary N) is 1. The van der Waals surface area contributed by atoms with E-state index in [1.54, 1.807) is 45.0 Å². The minimum Gasteiger partial charge on any atom is -0.444 e. The second-order valence-corrected chi connectivity index (χ2v) is 7.92. The standard InChI is InChI=1S/C22H24FN7O3/c1-22(2,3)33-21(31)28-18-12-27-20(29-19(18)25)15(24)10-17(16-8-9-32-30-16)26-11-13-6-4-5-7-14(13)23/h4-10,12,24,26H,11H2,1-3H3,(H,28,31)(H2,25,27,29)/b17-10-,24-15?. The van der Waals surface area contributed by atoms with Gasteiger partial charge in [0.05, 0.1) is 11.9 Å². The van der Waals surface area contributed by atoms with Crippen molar-refractivity contribution in [1.82, 2.24) is 20.4 Å². The van der Waals surface area contributed by atoms with Gasteiger partial charge in [0.2, 0.25) is 0 Å². The summed E-state index contributed by atoms with van der Waals surface area (Å²) in [6, 6.07) is 7.93. The number of halogens is 1. The van der Waals surface area contributed by atoms with Gasteiger partial charge in [0.25, 0.3) is 0 Å². The summed E-state index contributed by atoms with van der Waals surface area (Å²) in [5.41, 5.74) is 6.55. The van der Waals surface area contributed by atoms with Gasteiger partial charge in [-0.05, 0) is 32.9 Å². The number of carbonyl (C=O) groups excluding carboxylic acids is 1. The lowest BCUT2D eigenvalue weighted by Gasteiger charge is -2.19. The molecule has 0 unspecified atom stereocenters. The molecule has 11 heteroatoms. The summed E-state index contributed by atoms with van der Waals surface area (Å²) in [6.45, 7) is 5.35. The lowest BCUT2D eigenvalue weighted by atomic mass is 10.2. The molecular formula is C22H24FN7O3. The number of carbonyl (C=O) groups is 1. The highest BCUT2D eigenvalue weighted by Crippen LogP contribution is 2.18. The summed E-state index contributed by atoms with van der Waals surface area (Å²) in [5, 5.41) is 17.8. The quantitative estimate of drug-likeness (QED) is 0.395. The summed E-state index contributed by atoms with van der Waals surface area (Å²) in [4.78, 5) is 20.1. The maximum absolute atomic E-state index is 14.0. The van der Waals surface area contributed by atoms with Gasteiger partial charge in [0.15, 0.2) is 11.6 Å². The molecule has 3 aromatic rings. The number of nitrogens with one attached hydrogen (secondary N) is 3. The highest BCUT2D eigenvalue weighted by atomic mass is 19.1. The molecule has 10 nitrogen and oxygen atoms in total. The van der Waals surface area contributed by atoms with Gasteiger partial charge >= 0.3 is 6.09 Å². The number of ether oxygens (including phenoxy) is 1. The van der Waals surface area contributed by atoms with Crippen molar-refractivity contribution in [3.05, 3.63) is 71.8 Å². The van der Waals surface area contributed by atoms with Crippen LogP contribution in [-0.2, 0) is 11.3 Å². The Morgan fingerprint density at radius 2 is 2.06 bits per heavy atom. The van der Waals surface area contributed by atoms with E-state index in [0.717, 1.165) is 0 Å². The fourth-order valence-corrected chi connectivity index (χ4v) is 2.64. The van der Waals surface area contributed by atoms with Crippen LogP contribution in [0.3, 0.4) is 0 Å². The van der Waals surface area contributed by atoms with E-state index < -0.39 is 11.7 Å². The van der Waals surface area contributed by atoms with Gasteiger partial charge in [0, 0.05) is 18.2 Å². The van der Waals surface area contributed by atoms with Gasteiger partial charge in [-0.15, -0.1) is 0 Å². The third-order valence-electron chi connectivity index (χ3n) is 4.12. The van der Waals surface area contributed by atoms with Crippen LogP contribution in [-0.4, -0.2) is 32.5 Å². The molecule has 1 aromatic carbocycles. The summed E-state index contributed by atoms with van der Waals surface area (Å²) >= 11 is 0. The summed E-state index contributed by atoms with van der Waals surface area (Å²) in [6.07, 6.45) is 3.38. The van der Waals surface area contributed by atoms with E-state index in [9.17, 15) is 9.18 Å². The highest BCUT2D eigenvalue weighted by molar-refractivity contribution is 6.08. The van der Waals surface area contributed by atoms with Crippen molar-refractivity contribution < 1.29 is 18.4 Å². The van der Waals surface area contributed by atoms with Crippen LogP contribution < -0.4 is 16.4 Å². The van der Waals surface area contributed by atoms with E-state index in [1.807, 2.05) is 0 Å². The molecule has 0 aliphatic heterocycles. The average molecular weight is 453 g/mol.